The van der Waals surface area contributed by atoms with E-state index >= 15 is 0 Å². The number of nitrogens with zero attached hydrogens (tertiary/aromatic N) is 1. The predicted molar refractivity (Wildman–Crippen MR) is 84.9 cm³/mol. The summed E-state index contributed by atoms with van der Waals surface area (Å²) >= 11 is 1.51. The molecular formula is C16H18N2O3S. The molecule has 2 rings (SSSR count). The van der Waals surface area contributed by atoms with Gasteiger partial charge in [-0.1, -0.05) is 30.3 Å². The van der Waals surface area contributed by atoms with Gasteiger partial charge in [0.2, 0.25) is 5.91 Å². The van der Waals surface area contributed by atoms with E-state index in [1.165, 1.54) is 11.3 Å². The molecule has 0 spiro atoms. The zero-order chi connectivity index (χ0) is 15.9. The van der Waals surface area contributed by atoms with Crippen molar-refractivity contribution in [3.8, 4) is 0 Å². The van der Waals surface area contributed by atoms with Crippen LogP contribution >= 0.6 is 11.3 Å². The van der Waals surface area contributed by atoms with Crippen LogP contribution in [0.1, 0.15) is 22.7 Å². The van der Waals surface area contributed by atoms with Crippen LogP contribution in [0.2, 0.25) is 0 Å². The molecule has 1 aromatic heterocycles. The second-order valence-corrected chi connectivity index (χ2v) is 5.97. The number of carboxylic acid groups (broad SMARTS) is 1. The Kier molecular flexibility index (Phi) is 5.66. The van der Waals surface area contributed by atoms with Crippen molar-refractivity contribution in [1.29, 1.82) is 0 Å². The molecule has 1 amide bonds. The zero-order valence-corrected chi connectivity index (χ0v) is 13.1. The highest BCUT2D eigenvalue weighted by Crippen LogP contribution is 2.11. The van der Waals surface area contributed by atoms with Gasteiger partial charge >= 0.3 is 5.97 Å². The fourth-order valence-corrected chi connectivity index (χ4v) is 2.83. The maximum Gasteiger partial charge on any atom is 0.326 e. The predicted octanol–water partition coefficient (Wildman–Crippen LogP) is 2.20. The van der Waals surface area contributed by atoms with Crippen molar-refractivity contribution in [2.45, 2.75) is 32.2 Å². The maximum absolute atomic E-state index is 11.9. The van der Waals surface area contributed by atoms with E-state index in [0.717, 1.165) is 16.3 Å². The molecule has 0 radical (unpaired) electrons. The minimum atomic E-state index is -1.03. The normalized spacial score (nSPS) is 11.9. The number of aliphatic carboxylic acids is 1. The number of amides is 1. The molecule has 0 fully saturated rings. The molecule has 5 nitrogen and oxygen atoms in total. The molecule has 22 heavy (non-hydrogen) atoms. The molecule has 0 bridgehead atoms. The lowest BCUT2D eigenvalue weighted by Gasteiger charge is -2.14. The maximum atomic E-state index is 11.9. The van der Waals surface area contributed by atoms with Gasteiger partial charge in [-0.25, -0.2) is 9.78 Å². The first-order chi connectivity index (χ1) is 10.5. The van der Waals surface area contributed by atoms with Gasteiger partial charge in [0.1, 0.15) is 6.04 Å². The molecule has 116 valence electrons. The Bertz CT molecular complexity index is 640. The van der Waals surface area contributed by atoms with Crippen molar-refractivity contribution < 1.29 is 14.7 Å². The summed E-state index contributed by atoms with van der Waals surface area (Å²) in [5.41, 5.74) is 1.82. The highest BCUT2D eigenvalue weighted by molar-refractivity contribution is 7.09. The lowest BCUT2D eigenvalue weighted by atomic mass is 10.1. The molecule has 0 unspecified atom stereocenters. The van der Waals surface area contributed by atoms with Crippen LogP contribution in [-0.4, -0.2) is 28.0 Å². The molecule has 1 aromatic carbocycles. The van der Waals surface area contributed by atoms with Crippen molar-refractivity contribution in [2.24, 2.45) is 0 Å². The minimum absolute atomic E-state index is 0.242. The smallest absolute Gasteiger partial charge is 0.326 e. The van der Waals surface area contributed by atoms with E-state index in [4.69, 9.17) is 0 Å². The molecule has 0 saturated heterocycles. The number of hydrogen-bond acceptors (Lipinski definition) is 4. The second kappa shape index (κ2) is 7.70. The lowest BCUT2D eigenvalue weighted by Crippen LogP contribution is -2.42. The number of aryl methyl sites for hydroxylation is 2. The van der Waals surface area contributed by atoms with Gasteiger partial charge in [0, 0.05) is 30.3 Å². The minimum Gasteiger partial charge on any atom is -0.480 e. The molecule has 0 aliphatic carbocycles. The molecule has 2 N–H and O–H groups in total. The molecule has 6 heteroatoms. The summed E-state index contributed by atoms with van der Waals surface area (Å²) in [5.74, 6) is -1.29. The van der Waals surface area contributed by atoms with Gasteiger partial charge in [0.15, 0.2) is 0 Å². The van der Waals surface area contributed by atoms with Crippen molar-refractivity contribution in [3.63, 3.8) is 0 Å². The van der Waals surface area contributed by atoms with Crippen LogP contribution in [0.5, 0.6) is 0 Å². The Morgan fingerprint density at radius 1 is 1.32 bits per heavy atom. The van der Waals surface area contributed by atoms with Crippen molar-refractivity contribution in [2.75, 3.05) is 0 Å². The number of hydrogen-bond donors (Lipinski definition) is 2. The van der Waals surface area contributed by atoms with Crippen LogP contribution in [0.4, 0.5) is 0 Å². The SMILES string of the molecule is Cc1csc(CCC(=O)N[C@H](Cc2ccccc2)C(=O)O)n1. The molecule has 0 saturated carbocycles. The number of aromatic nitrogens is 1. The molecule has 0 aliphatic rings. The van der Waals surface area contributed by atoms with Gasteiger partial charge in [-0.2, -0.15) is 0 Å². The summed E-state index contributed by atoms with van der Waals surface area (Å²) in [6.07, 6.45) is 1.05. The molecule has 2 aromatic rings. The fraction of sp³-hybridized carbons (Fsp3) is 0.312. The van der Waals surface area contributed by atoms with Crippen LogP contribution in [0.25, 0.3) is 0 Å². The third-order valence-corrected chi connectivity index (χ3v) is 4.17. The first kappa shape index (κ1) is 16.2. The van der Waals surface area contributed by atoms with Gasteiger partial charge in [-0.3, -0.25) is 4.79 Å². The van der Waals surface area contributed by atoms with E-state index < -0.39 is 12.0 Å². The van der Waals surface area contributed by atoms with E-state index in [0.29, 0.717) is 6.42 Å². The summed E-state index contributed by atoms with van der Waals surface area (Å²) in [5, 5.41) is 14.7. The topological polar surface area (TPSA) is 79.3 Å². The fourth-order valence-electron chi connectivity index (χ4n) is 2.05. The van der Waals surface area contributed by atoms with E-state index in [2.05, 4.69) is 10.3 Å². The van der Waals surface area contributed by atoms with E-state index in [1.807, 2.05) is 42.6 Å². The Labute approximate surface area is 133 Å². The monoisotopic (exact) mass is 318 g/mol. The van der Waals surface area contributed by atoms with E-state index in [9.17, 15) is 14.7 Å². The average Bonchev–Trinajstić information content (AvgIpc) is 2.91. The average molecular weight is 318 g/mol. The third-order valence-electron chi connectivity index (χ3n) is 3.15. The number of rotatable bonds is 7. The Morgan fingerprint density at radius 2 is 2.05 bits per heavy atom. The first-order valence-corrected chi connectivity index (χ1v) is 7.89. The summed E-state index contributed by atoms with van der Waals surface area (Å²) in [6, 6.07) is 8.35. The van der Waals surface area contributed by atoms with Gasteiger partial charge in [-0.05, 0) is 12.5 Å². The summed E-state index contributed by atoms with van der Waals surface area (Å²) < 4.78 is 0. The quantitative estimate of drug-likeness (QED) is 0.820. The first-order valence-electron chi connectivity index (χ1n) is 7.01. The number of carbonyl (C=O) groups excluding carboxylic acids is 1. The summed E-state index contributed by atoms with van der Waals surface area (Å²) in [6.45, 7) is 1.90. The van der Waals surface area contributed by atoms with Gasteiger partial charge in [0.05, 0.1) is 5.01 Å². The van der Waals surface area contributed by atoms with E-state index in [-0.39, 0.29) is 18.7 Å². The van der Waals surface area contributed by atoms with Crippen molar-refractivity contribution >= 4 is 23.2 Å². The van der Waals surface area contributed by atoms with Crippen LogP contribution < -0.4 is 5.32 Å². The molecule has 1 heterocycles. The van der Waals surface area contributed by atoms with Crippen molar-refractivity contribution in [1.82, 2.24) is 10.3 Å². The third kappa shape index (κ3) is 4.96. The van der Waals surface area contributed by atoms with Gasteiger partial charge in [0.25, 0.3) is 0 Å². The largest absolute Gasteiger partial charge is 0.480 e. The van der Waals surface area contributed by atoms with Crippen LogP contribution in [0.3, 0.4) is 0 Å². The Hall–Kier alpha value is -2.21. The second-order valence-electron chi connectivity index (χ2n) is 5.03. The number of nitrogens with one attached hydrogen (secondary N) is 1. The van der Waals surface area contributed by atoms with Crippen LogP contribution in [0.15, 0.2) is 35.7 Å². The summed E-state index contributed by atoms with van der Waals surface area (Å²) in [4.78, 5) is 27.5. The van der Waals surface area contributed by atoms with Gasteiger partial charge < -0.3 is 10.4 Å². The standard InChI is InChI=1S/C16H18N2O3S/c1-11-10-22-15(17-11)8-7-14(19)18-13(16(20)21)9-12-5-3-2-4-6-12/h2-6,10,13H,7-9H2,1H3,(H,18,19)(H,20,21)/t13-/m1/s1. The van der Waals surface area contributed by atoms with Crippen molar-refractivity contribution in [3.05, 3.63) is 52.0 Å². The zero-order valence-electron chi connectivity index (χ0n) is 12.3. The van der Waals surface area contributed by atoms with Crippen LogP contribution in [-0.2, 0) is 22.4 Å². The molecular weight excluding hydrogens is 300 g/mol. The number of benzene rings is 1. The van der Waals surface area contributed by atoms with E-state index in [1.54, 1.807) is 0 Å². The Balaban J connectivity index is 1.87. The number of carboxylic acids is 1. The highest BCUT2D eigenvalue weighted by atomic mass is 32.1. The molecule has 1 atom stereocenters. The van der Waals surface area contributed by atoms with Gasteiger partial charge in [-0.15, -0.1) is 11.3 Å². The number of carbonyl (C=O) groups is 2. The lowest BCUT2D eigenvalue weighted by molar-refractivity contribution is -0.141. The Morgan fingerprint density at radius 3 is 2.64 bits per heavy atom. The summed E-state index contributed by atoms with van der Waals surface area (Å²) in [7, 11) is 0. The van der Waals surface area contributed by atoms with Crippen LogP contribution in [0, 0.1) is 6.92 Å². The number of thiazole rings is 1. The highest BCUT2D eigenvalue weighted by Gasteiger charge is 2.20. The molecule has 0 aliphatic heterocycles.